The van der Waals surface area contributed by atoms with Crippen LogP contribution in [-0.4, -0.2) is 12.0 Å². The zero-order chi connectivity index (χ0) is 7.86. The molecule has 10 heavy (non-hydrogen) atoms. The summed E-state index contributed by atoms with van der Waals surface area (Å²) >= 11 is -1.06. The predicted octanol–water partition coefficient (Wildman–Crippen LogP) is -5.13. The van der Waals surface area contributed by atoms with Crippen molar-refractivity contribution in [3.8, 4) is 0 Å². The van der Waals surface area contributed by atoms with E-state index in [0.717, 1.165) is 0 Å². The molecular weight excluding hydrogens is 212 g/mol. The summed E-state index contributed by atoms with van der Waals surface area (Å²) < 4.78 is 16.7. The van der Waals surface area contributed by atoms with Crippen molar-refractivity contribution < 1.29 is 84.3 Å². The van der Waals surface area contributed by atoms with Crippen LogP contribution in [0, 0.1) is 0 Å². The maximum absolute atomic E-state index is 9.40. The van der Waals surface area contributed by atoms with Crippen molar-refractivity contribution in [3.63, 3.8) is 0 Å². The van der Waals surface area contributed by atoms with Gasteiger partial charge >= 0.3 is 74.4 Å². The summed E-state index contributed by atoms with van der Waals surface area (Å²) in [6, 6.07) is -1.09. The molecule has 0 spiro atoms. The van der Waals surface area contributed by atoms with Gasteiger partial charge in [0.05, 0.1) is 0 Å². The van der Waals surface area contributed by atoms with Gasteiger partial charge in [-0.3, -0.25) is 0 Å². The molecule has 0 radical (unpaired) electrons. The van der Waals surface area contributed by atoms with Crippen LogP contribution in [0.15, 0.2) is 0 Å². The van der Waals surface area contributed by atoms with E-state index in [1.807, 2.05) is 0 Å². The molecule has 0 saturated heterocycles. The molecule has 1 atom stereocenters. The summed E-state index contributed by atoms with van der Waals surface area (Å²) in [6.07, 6.45) is 0. The second-order valence-electron chi connectivity index (χ2n) is 1.10. The first kappa shape index (κ1) is 17.4. The molecule has 0 aromatic rings. The fourth-order valence-electron chi connectivity index (χ4n) is 0. The Labute approximate surface area is 107 Å². The predicted molar refractivity (Wildman–Crippen MR) is 19.5 cm³/mol. The topological polar surface area (TPSA) is 104 Å². The number of hydrogen-bond acceptors (Lipinski definition) is 4. The Morgan fingerprint density at radius 2 is 1.80 bits per heavy atom. The number of carbonyl (C=O) groups excluding carboxylic acids is 1. The van der Waals surface area contributed by atoms with E-state index in [1.54, 1.807) is 0 Å². The SMILES string of the molecule is CC([NH-])C(=O)[O-].[K+].[O]=[Co][O-]. The molecule has 0 heterocycles. The van der Waals surface area contributed by atoms with E-state index in [9.17, 15) is 9.90 Å². The van der Waals surface area contributed by atoms with Gasteiger partial charge in [-0.15, -0.1) is 6.04 Å². The number of carboxylic acid groups (broad SMARTS) is 1. The average molecular weight is 217 g/mol. The van der Waals surface area contributed by atoms with Crippen molar-refractivity contribution in [1.29, 1.82) is 0 Å². The van der Waals surface area contributed by atoms with Gasteiger partial charge in [0.1, 0.15) is 0 Å². The van der Waals surface area contributed by atoms with Gasteiger partial charge in [0.25, 0.3) is 0 Å². The molecule has 0 aliphatic heterocycles. The van der Waals surface area contributed by atoms with Gasteiger partial charge in [-0.05, 0) is 0 Å². The third-order valence-corrected chi connectivity index (χ3v) is 0.354. The van der Waals surface area contributed by atoms with Gasteiger partial charge in [0, 0.05) is 5.97 Å². The van der Waals surface area contributed by atoms with Crippen molar-refractivity contribution in [2.75, 3.05) is 0 Å². The number of nitrogens with one attached hydrogen (secondary N) is 1. The van der Waals surface area contributed by atoms with Crippen molar-refractivity contribution in [1.82, 2.24) is 0 Å². The van der Waals surface area contributed by atoms with Crippen LogP contribution < -0.4 is 60.7 Å². The van der Waals surface area contributed by atoms with Gasteiger partial charge in [-0.2, -0.15) is 0 Å². The molecule has 0 aliphatic carbocycles. The minimum absolute atomic E-state index is 0. The Bertz CT molecular complexity index is 98.5. The van der Waals surface area contributed by atoms with E-state index < -0.39 is 27.0 Å². The minimum atomic E-state index is -1.32. The van der Waals surface area contributed by atoms with E-state index in [2.05, 4.69) is 0 Å². The number of rotatable bonds is 1. The van der Waals surface area contributed by atoms with E-state index in [1.165, 1.54) is 6.92 Å². The Hall–Kier alpha value is 1.33. The van der Waals surface area contributed by atoms with Crippen LogP contribution in [0.2, 0.25) is 0 Å². The van der Waals surface area contributed by atoms with Gasteiger partial charge in [0.15, 0.2) is 0 Å². The molecule has 0 rings (SSSR count). The van der Waals surface area contributed by atoms with Crippen molar-refractivity contribution in [3.05, 3.63) is 5.73 Å². The molecule has 58 valence electrons. The average Bonchev–Trinajstić information content (AvgIpc) is 1.68. The van der Waals surface area contributed by atoms with Gasteiger partial charge in [-0.1, -0.05) is 6.92 Å². The monoisotopic (exact) mass is 217 g/mol. The fourth-order valence-corrected chi connectivity index (χ4v) is 0. The molecule has 1 N–H and O–H groups in total. The fraction of sp³-hybridized carbons (Fsp3) is 0.667. The molecule has 0 fully saturated rings. The van der Waals surface area contributed by atoms with E-state index in [-0.39, 0.29) is 51.4 Å². The van der Waals surface area contributed by atoms with Crippen LogP contribution in [0.5, 0.6) is 0 Å². The summed E-state index contributed by atoms with van der Waals surface area (Å²) in [6.45, 7) is 1.25. The van der Waals surface area contributed by atoms with Crippen LogP contribution in [0.1, 0.15) is 6.92 Å². The number of hydrogen-bond donors (Lipinski definition) is 0. The standard InChI is InChI=1S/C3H6NO2.Co.K.2O/c1-2(4)3(5)6;;;;/h2,4H,1H3,(H,5,6);;;;/q-1;;+1;;-1/p-1. The van der Waals surface area contributed by atoms with Crippen LogP contribution in [0.25, 0.3) is 5.73 Å². The van der Waals surface area contributed by atoms with Crippen molar-refractivity contribution >= 4 is 5.97 Å². The molecule has 0 aromatic carbocycles. The Kier molecular flexibility index (Phi) is 22.6. The van der Waals surface area contributed by atoms with Crippen molar-refractivity contribution in [2.24, 2.45) is 0 Å². The molecular formula is C3H5CoKNO4-2. The van der Waals surface area contributed by atoms with Crippen LogP contribution in [0.3, 0.4) is 0 Å². The first-order valence-corrected chi connectivity index (χ1v) is 2.69. The summed E-state index contributed by atoms with van der Waals surface area (Å²) in [5, 5.41) is 9.40. The zero-order valence-electron chi connectivity index (χ0n) is 5.54. The second-order valence-corrected chi connectivity index (χ2v) is 1.27. The summed E-state index contributed by atoms with van der Waals surface area (Å²) in [7, 11) is 0. The Balaban J connectivity index is -0.000000107. The normalized spacial score (nSPS) is 10.3. The zero-order valence-corrected chi connectivity index (χ0v) is 9.71. The summed E-state index contributed by atoms with van der Waals surface area (Å²) in [5.74, 6) is -1.32. The van der Waals surface area contributed by atoms with E-state index in [0.29, 0.717) is 0 Å². The first-order valence-electron chi connectivity index (χ1n) is 1.84. The molecule has 0 aromatic heterocycles. The van der Waals surface area contributed by atoms with Crippen LogP contribution in [-0.2, 0) is 23.6 Å². The molecule has 7 heteroatoms. The third kappa shape index (κ3) is 22.8. The van der Waals surface area contributed by atoms with Gasteiger partial charge in [0.2, 0.25) is 0 Å². The summed E-state index contributed by atoms with van der Waals surface area (Å²) in [5.41, 5.74) is 6.37. The summed E-state index contributed by atoms with van der Waals surface area (Å²) in [4.78, 5) is 9.40. The molecule has 0 amide bonds. The molecule has 1 unspecified atom stereocenters. The van der Waals surface area contributed by atoms with Crippen LogP contribution in [0.4, 0.5) is 0 Å². The van der Waals surface area contributed by atoms with Gasteiger partial charge in [-0.25, -0.2) is 0 Å². The number of carboxylic acids is 1. The second kappa shape index (κ2) is 13.0. The van der Waals surface area contributed by atoms with E-state index in [4.69, 9.17) is 13.8 Å². The van der Waals surface area contributed by atoms with Gasteiger partial charge < -0.3 is 15.6 Å². The number of aliphatic carboxylic acids is 1. The molecule has 0 saturated carbocycles. The maximum atomic E-state index is 9.40. The Morgan fingerprint density at radius 3 is 1.80 bits per heavy atom. The number of carbonyl (C=O) groups is 1. The molecule has 0 aliphatic rings. The van der Waals surface area contributed by atoms with Crippen molar-refractivity contribution in [2.45, 2.75) is 13.0 Å². The molecule has 5 nitrogen and oxygen atoms in total. The first-order chi connectivity index (χ1) is 4.06. The van der Waals surface area contributed by atoms with E-state index >= 15 is 0 Å². The Morgan fingerprint density at radius 1 is 1.70 bits per heavy atom. The molecule has 0 bridgehead atoms. The quantitative estimate of drug-likeness (QED) is 0.409. The van der Waals surface area contributed by atoms with Crippen LogP contribution >= 0.6 is 0 Å². The third-order valence-electron chi connectivity index (χ3n) is 0.354.